The third kappa shape index (κ3) is 1.29. The Bertz CT molecular complexity index is 237. The van der Waals surface area contributed by atoms with Gasteiger partial charge in [-0.25, -0.2) is 4.39 Å². The summed E-state index contributed by atoms with van der Waals surface area (Å²) >= 11 is 3.03. The molecule has 0 aliphatic carbocycles. The molecule has 0 amide bonds. The summed E-state index contributed by atoms with van der Waals surface area (Å²) in [6.07, 6.45) is 0. The van der Waals surface area contributed by atoms with E-state index in [4.69, 9.17) is 4.74 Å². The third-order valence-electron chi connectivity index (χ3n) is 1.14. The molecule has 0 N–H and O–H groups in total. The van der Waals surface area contributed by atoms with Gasteiger partial charge in [-0.05, 0) is 28.1 Å². The molecule has 0 unspecified atom stereocenters. The quantitative estimate of drug-likeness (QED) is 0.684. The van der Waals surface area contributed by atoms with Crippen LogP contribution in [0, 0.1) is 5.82 Å². The van der Waals surface area contributed by atoms with E-state index in [1.165, 1.54) is 7.11 Å². The lowest BCUT2D eigenvalue weighted by atomic mass is 10.3. The first-order valence-electron chi connectivity index (χ1n) is 2.73. The highest BCUT2D eigenvalue weighted by atomic mass is 79.9. The Kier molecular flexibility index (Phi) is 2.27. The molecule has 1 nitrogen and oxygen atoms in total. The lowest BCUT2D eigenvalue weighted by Gasteiger charge is -2.00. The Balaban J connectivity index is 3.14. The molecule has 0 atom stereocenters. The van der Waals surface area contributed by atoms with Crippen LogP contribution in [-0.4, -0.2) is 7.11 Å². The van der Waals surface area contributed by atoms with Crippen LogP contribution < -0.4 is 4.74 Å². The van der Waals surface area contributed by atoms with Crippen LogP contribution in [0.3, 0.4) is 0 Å². The highest BCUT2D eigenvalue weighted by molar-refractivity contribution is 9.10. The zero-order chi connectivity index (χ0) is 7.56. The van der Waals surface area contributed by atoms with Gasteiger partial charge in [-0.3, -0.25) is 0 Å². The van der Waals surface area contributed by atoms with Gasteiger partial charge in [-0.15, -0.1) is 0 Å². The van der Waals surface area contributed by atoms with Crippen molar-refractivity contribution in [2.24, 2.45) is 0 Å². The van der Waals surface area contributed by atoms with Crippen molar-refractivity contribution in [1.82, 2.24) is 0 Å². The Labute approximate surface area is 66.9 Å². The molecule has 3 heteroatoms. The van der Waals surface area contributed by atoms with Crippen molar-refractivity contribution in [1.29, 1.82) is 0 Å². The normalized spacial score (nSPS) is 9.50. The van der Waals surface area contributed by atoms with E-state index < -0.39 is 0 Å². The molecule has 1 aromatic carbocycles. The lowest BCUT2D eigenvalue weighted by molar-refractivity contribution is 0.385. The SMILES string of the molecule is COc1cccc(Br)c1F. The second-order valence-corrected chi connectivity index (χ2v) is 2.61. The van der Waals surface area contributed by atoms with Gasteiger partial charge in [0.1, 0.15) is 0 Å². The molecule has 0 bridgehead atoms. The number of hydrogen-bond donors (Lipinski definition) is 0. The van der Waals surface area contributed by atoms with Crippen LogP contribution in [0.2, 0.25) is 0 Å². The maximum absolute atomic E-state index is 12.8. The number of ether oxygens (including phenoxy) is 1. The Morgan fingerprint density at radius 3 is 2.70 bits per heavy atom. The van der Waals surface area contributed by atoms with Gasteiger partial charge in [0.25, 0.3) is 0 Å². The largest absolute Gasteiger partial charge is 0.494 e. The van der Waals surface area contributed by atoms with E-state index >= 15 is 0 Å². The average molecular weight is 205 g/mol. The summed E-state index contributed by atoms with van der Waals surface area (Å²) < 4.78 is 18.0. The topological polar surface area (TPSA) is 9.23 Å². The van der Waals surface area contributed by atoms with Gasteiger partial charge in [0.05, 0.1) is 11.6 Å². The van der Waals surface area contributed by atoms with Gasteiger partial charge in [-0.1, -0.05) is 6.07 Å². The van der Waals surface area contributed by atoms with Crippen LogP contribution in [0.15, 0.2) is 22.7 Å². The van der Waals surface area contributed by atoms with Crippen molar-refractivity contribution in [3.8, 4) is 5.75 Å². The van der Waals surface area contributed by atoms with E-state index in [-0.39, 0.29) is 11.6 Å². The fourth-order valence-corrected chi connectivity index (χ4v) is 0.990. The molecule has 0 radical (unpaired) electrons. The molecule has 0 spiro atoms. The molecule has 54 valence electrons. The standard InChI is InChI=1S/C7H6BrFO/c1-10-6-4-2-3-5(8)7(6)9/h2-4H,1H3. The van der Waals surface area contributed by atoms with Crippen LogP contribution >= 0.6 is 15.9 Å². The summed E-state index contributed by atoms with van der Waals surface area (Å²) in [6.45, 7) is 0. The van der Waals surface area contributed by atoms with Gasteiger partial charge >= 0.3 is 0 Å². The van der Waals surface area contributed by atoms with Crippen molar-refractivity contribution in [3.05, 3.63) is 28.5 Å². The molecule has 0 aliphatic heterocycles. The lowest BCUT2D eigenvalue weighted by Crippen LogP contribution is -1.87. The van der Waals surface area contributed by atoms with E-state index in [9.17, 15) is 4.39 Å². The zero-order valence-corrected chi connectivity index (χ0v) is 6.98. The third-order valence-corrected chi connectivity index (χ3v) is 1.75. The molecular formula is C7H6BrFO. The monoisotopic (exact) mass is 204 g/mol. The van der Waals surface area contributed by atoms with E-state index in [0.717, 1.165) is 0 Å². The summed E-state index contributed by atoms with van der Waals surface area (Å²) in [7, 11) is 1.44. The number of methoxy groups -OCH3 is 1. The van der Waals surface area contributed by atoms with E-state index in [2.05, 4.69) is 15.9 Å². The van der Waals surface area contributed by atoms with E-state index in [1.807, 2.05) is 0 Å². The molecule has 0 heterocycles. The van der Waals surface area contributed by atoms with Crippen LogP contribution in [0.25, 0.3) is 0 Å². The Hall–Kier alpha value is -0.570. The molecule has 0 aromatic heterocycles. The van der Waals surface area contributed by atoms with Crippen LogP contribution in [0.5, 0.6) is 5.75 Å². The second-order valence-electron chi connectivity index (χ2n) is 1.76. The predicted octanol–water partition coefficient (Wildman–Crippen LogP) is 2.60. The van der Waals surface area contributed by atoms with Crippen molar-refractivity contribution < 1.29 is 9.13 Å². The minimum Gasteiger partial charge on any atom is -0.494 e. The zero-order valence-electron chi connectivity index (χ0n) is 5.40. The van der Waals surface area contributed by atoms with Crippen molar-refractivity contribution >= 4 is 15.9 Å². The number of rotatable bonds is 1. The second kappa shape index (κ2) is 3.01. The minimum absolute atomic E-state index is 0.259. The van der Waals surface area contributed by atoms with Gasteiger partial charge in [0, 0.05) is 0 Å². The van der Waals surface area contributed by atoms with Gasteiger partial charge in [-0.2, -0.15) is 0 Å². The van der Waals surface area contributed by atoms with Crippen LogP contribution in [0.1, 0.15) is 0 Å². The van der Waals surface area contributed by atoms with E-state index in [0.29, 0.717) is 4.47 Å². The first-order valence-corrected chi connectivity index (χ1v) is 3.53. The van der Waals surface area contributed by atoms with Gasteiger partial charge < -0.3 is 4.74 Å². The molecule has 0 saturated heterocycles. The first kappa shape index (κ1) is 7.54. The Morgan fingerprint density at radius 2 is 2.20 bits per heavy atom. The fourth-order valence-electron chi connectivity index (χ4n) is 0.642. The van der Waals surface area contributed by atoms with Crippen molar-refractivity contribution in [2.75, 3.05) is 7.11 Å². The molecular weight excluding hydrogens is 199 g/mol. The van der Waals surface area contributed by atoms with Crippen molar-refractivity contribution in [3.63, 3.8) is 0 Å². The Morgan fingerprint density at radius 1 is 1.50 bits per heavy atom. The summed E-state index contributed by atoms with van der Waals surface area (Å²) in [5.74, 6) is -0.0978. The minimum atomic E-state index is -0.356. The molecule has 0 saturated carbocycles. The summed E-state index contributed by atoms with van der Waals surface area (Å²) in [5.41, 5.74) is 0. The molecule has 1 rings (SSSR count). The summed E-state index contributed by atoms with van der Waals surface area (Å²) in [4.78, 5) is 0. The fraction of sp³-hybridized carbons (Fsp3) is 0.143. The number of hydrogen-bond acceptors (Lipinski definition) is 1. The molecule has 1 aromatic rings. The van der Waals surface area contributed by atoms with Crippen LogP contribution in [-0.2, 0) is 0 Å². The summed E-state index contributed by atoms with van der Waals surface area (Å²) in [6, 6.07) is 4.91. The van der Waals surface area contributed by atoms with Gasteiger partial charge in [0.2, 0.25) is 0 Å². The van der Waals surface area contributed by atoms with E-state index in [1.54, 1.807) is 18.2 Å². The maximum Gasteiger partial charge on any atom is 0.179 e. The van der Waals surface area contributed by atoms with Gasteiger partial charge in [0.15, 0.2) is 11.6 Å². The average Bonchev–Trinajstić information content (AvgIpc) is 1.95. The highest BCUT2D eigenvalue weighted by Gasteiger charge is 2.03. The number of halogens is 2. The predicted molar refractivity (Wildman–Crippen MR) is 40.7 cm³/mol. The first-order chi connectivity index (χ1) is 4.75. The number of benzene rings is 1. The summed E-state index contributed by atoms with van der Waals surface area (Å²) in [5, 5.41) is 0. The van der Waals surface area contributed by atoms with Crippen molar-refractivity contribution in [2.45, 2.75) is 0 Å². The smallest absolute Gasteiger partial charge is 0.179 e. The molecule has 0 fully saturated rings. The highest BCUT2D eigenvalue weighted by Crippen LogP contribution is 2.23. The molecule has 0 aliphatic rings. The molecule has 10 heavy (non-hydrogen) atoms. The van der Waals surface area contributed by atoms with Crippen LogP contribution in [0.4, 0.5) is 4.39 Å². The maximum atomic E-state index is 12.8.